The first kappa shape index (κ1) is 19.1. The molecule has 25 heavy (non-hydrogen) atoms. The van der Waals surface area contributed by atoms with Gasteiger partial charge in [0.25, 0.3) is 0 Å². The Balaban J connectivity index is 2.09. The maximum absolute atomic E-state index is 13.1. The lowest BCUT2D eigenvalue weighted by atomic mass is 9.96. The Labute approximate surface area is 139 Å². The smallest absolute Gasteiger partial charge is 0.393 e. The van der Waals surface area contributed by atoms with Crippen molar-refractivity contribution in [2.75, 3.05) is 18.4 Å². The second-order valence-corrected chi connectivity index (χ2v) is 5.84. The molecule has 10 heteroatoms. The molecule has 0 bridgehead atoms. The summed E-state index contributed by atoms with van der Waals surface area (Å²) in [6.45, 7) is 0.242. The Morgan fingerprint density at radius 3 is 2.36 bits per heavy atom. The Bertz CT molecular complexity index is 680. The SMILES string of the molecule is CC(C(=O)Nc1ccc(F)c(F)c1)N1C[C@@H](C(F)(F)F)[C@H](C(=O)O)C1. The van der Waals surface area contributed by atoms with E-state index in [9.17, 15) is 31.5 Å². The third-order valence-corrected chi connectivity index (χ3v) is 4.20. The first-order valence-electron chi connectivity index (χ1n) is 7.30. The van der Waals surface area contributed by atoms with Gasteiger partial charge in [-0.05, 0) is 19.1 Å². The molecule has 0 aromatic heterocycles. The number of carbonyl (C=O) groups is 2. The first-order chi connectivity index (χ1) is 11.5. The van der Waals surface area contributed by atoms with E-state index < -0.39 is 60.7 Å². The molecule has 0 saturated carbocycles. The first-order valence-corrected chi connectivity index (χ1v) is 7.30. The van der Waals surface area contributed by atoms with Crippen molar-refractivity contribution in [3.05, 3.63) is 29.8 Å². The number of likely N-dealkylation sites (tertiary alicyclic amines) is 1. The van der Waals surface area contributed by atoms with Crippen LogP contribution in [0.5, 0.6) is 0 Å². The molecule has 1 aliphatic rings. The largest absolute Gasteiger partial charge is 0.481 e. The van der Waals surface area contributed by atoms with Crippen molar-refractivity contribution in [2.24, 2.45) is 11.8 Å². The van der Waals surface area contributed by atoms with Gasteiger partial charge in [-0.25, -0.2) is 8.78 Å². The predicted molar refractivity (Wildman–Crippen MR) is 76.7 cm³/mol. The van der Waals surface area contributed by atoms with Crippen LogP contribution in [-0.2, 0) is 9.59 Å². The summed E-state index contributed by atoms with van der Waals surface area (Å²) >= 11 is 0. The monoisotopic (exact) mass is 366 g/mol. The van der Waals surface area contributed by atoms with Gasteiger partial charge in [0.05, 0.1) is 17.9 Å². The number of nitrogens with one attached hydrogen (secondary N) is 1. The molecule has 3 atom stereocenters. The van der Waals surface area contributed by atoms with Crippen LogP contribution in [0.3, 0.4) is 0 Å². The molecule has 1 aliphatic heterocycles. The number of carbonyl (C=O) groups excluding carboxylic acids is 1. The van der Waals surface area contributed by atoms with Crippen LogP contribution < -0.4 is 5.32 Å². The van der Waals surface area contributed by atoms with Crippen molar-refractivity contribution < 1.29 is 36.6 Å². The van der Waals surface area contributed by atoms with E-state index in [-0.39, 0.29) is 5.69 Å². The van der Waals surface area contributed by atoms with E-state index in [0.29, 0.717) is 0 Å². The molecule has 2 N–H and O–H groups in total. The summed E-state index contributed by atoms with van der Waals surface area (Å²) in [6.07, 6.45) is -4.70. The molecule has 0 radical (unpaired) electrons. The van der Waals surface area contributed by atoms with E-state index >= 15 is 0 Å². The number of carboxylic acids is 1. The average Bonchev–Trinajstić information content (AvgIpc) is 2.96. The Morgan fingerprint density at radius 1 is 1.24 bits per heavy atom. The van der Waals surface area contributed by atoms with Gasteiger partial charge in [-0.1, -0.05) is 0 Å². The number of alkyl halides is 3. The van der Waals surface area contributed by atoms with Crippen molar-refractivity contribution in [3.8, 4) is 0 Å². The molecule has 0 aliphatic carbocycles. The molecule has 1 heterocycles. The predicted octanol–water partition coefficient (Wildman–Crippen LogP) is 2.49. The number of halogens is 5. The number of nitrogens with zero attached hydrogens (tertiary/aromatic N) is 1. The van der Waals surface area contributed by atoms with Gasteiger partial charge in [0.2, 0.25) is 5.91 Å². The van der Waals surface area contributed by atoms with E-state index in [2.05, 4.69) is 5.32 Å². The number of rotatable bonds is 4. The molecular weight excluding hydrogens is 351 g/mol. The van der Waals surface area contributed by atoms with Gasteiger partial charge in [0, 0.05) is 24.8 Å². The fraction of sp³-hybridized carbons (Fsp3) is 0.467. The van der Waals surface area contributed by atoms with Crippen LogP contribution in [0.2, 0.25) is 0 Å². The molecule has 138 valence electrons. The van der Waals surface area contributed by atoms with Gasteiger partial charge in [-0.15, -0.1) is 0 Å². The van der Waals surface area contributed by atoms with Gasteiger partial charge in [0.15, 0.2) is 11.6 Å². The summed E-state index contributed by atoms with van der Waals surface area (Å²) in [7, 11) is 0. The zero-order chi connectivity index (χ0) is 18.9. The quantitative estimate of drug-likeness (QED) is 0.804. The molecule has 1 aromatic rings. The number of carboxylic acid groups (broad SMARTS) is 1. The van der Waals surface area contributed by atoms with Crippen molar-refractivity contribution >= 4 is 17.6 Å². The summed E-state index contributed by atoms with van der Waals surface area (Å²) in [4.78, 5) is 24.3. The number of hydrogen-bond acceptors (Lipinski definition) is 3. The van der Waals surface area contributed by atoms with Gasteiger partial charge in [-0.2, -0.15) is 13.2 Å². The summed E-state index contributed by atoms with van der Waals surface area (Å²) in [5.41, 5.74) is -0.0582. The lowest BCUT2D eigenvalue weighted by Gasteiger charge is -2.23. The van der Waals surface area contributed by atoms with Gasteiger partial charge in [0.1, 0.15) is 0 Å². The number of amides is 1. The normalized spacial score (nSPS) is 22.6. The lowest BCUT2D eigenvalue weighted by Crippen LogP contribution is -2.41. The maximum Gasteiger partial charge on any atom is 0.393 e. The Morgan fingerprint density at radius 2 is 1.88 bits per heavy atom. The third-order valence-electron chi connectivity index (χ3n) is 4.20. The van der Waals surface area contributed by atoms with E-state index in [1.807, 2.05) is 0 Å². The zero-order valence-corrected chi connectivity index (χ0v) is 13.0. The van der Waals surface area contributed by atoms with Gasteiger partial charge >= 0.3 is 12.1 Å². The Hall–Kier alpha value is -2.23. The van der Waals surface area contributed by atoms with Crippen molar-refractivity contribution in [2.45, 2.75) is 19.1 Å². The highest BCUT2D eigenvalue weighted by Gasteiger charge is 2.53. The Kier molecular flexibility index (Phi) is 5.31. The molecule has 1 saturated heterocycles. The van der Waals surface area contributed by atoms with Crippen LogP contribution in [0.4, 0.5) is 27.6 Å². The van der Waals surface area contributed by atoms with Crippen LogP contribution in [0, 0.1) is 23.5 Å². The number of anilines is 1. The highest BCUT2D eigenvalue weighted by atomic mass is 19.4. The number of aliphatic carboxylic acids is 1. The summed E-state index contributed by atoms with van der Waals surface area (Å²) < 4.78 is 64.9. The molecule has 1 unspecified atom stereocenters. The van der Waals surface area contributed by atoms with E-state index in [4.69, 9.17) is 5.11 Å². The highest BCUT2D eigenvalue weighted by molar-refractivity contribution is 5.94. The van der Waals surface area contributed by atoms with Crippen LogP contribution in [0.1, 0.15) is 6.92 Å². The molecule has 1 amide bonds. The molecule has 1 fully saturated rings. The van der Waals surface area contributed by atoms with Crippen molar-refractivity contribution in [3.63, 3.8) is 0 Å². The van der Waals surface area contributed by atoms with Crippen LogP contribution in [-0.4, -0.2) is 47.2 Å². The number of hydrogen-bond donors (Lipinski definition) is 2. The van der Waals surface area contributed by atoms with Crippen LogP contribution in [0.15, 0.2) is 18.2 Å². The minimum absolute atomic E-state index is 0.0582. The van der Waals surface area contributed by atoms with E-state index in [1.165, 1.54) is 6.92 Å². The van der Waals surface area contributed by atoms with Crippen molar-refractivity contribution in [1.82, 2.24) is 4.90 Å². The van der Waals surface area contributed by atoms with Crippen LogP contribution in [0.25, 0.3) is 0 Å². The lowest BCUT2D eigenvalue weighted by molar-refractivity contribution is -0.188. The number of benzene rings is 1. The summed E-state index contributed by atoms with van der Waals surface area (Å²) in [5.74, 6) is -8.38. The zero-order valence-electron chi connectivity index (χ0n) is 13.0. The van der Waals surface area contributed by atoms with E-state index in [1.54, 1.807) is 0 Å². The second kappa shape index (κ2) is 6.95. The highest BCUT2D eigenvalue weighted by Crippen LogP contribution is 2.38. The third kappa shape index (κ3) is 4.25. The summed E-state index contributed by atoms with van der Waals surface area (Å²) in [6, 6.07) is 1.56. The van der Waals surface area contributed by atoms with E-state index in [0.717, 1.165) is 23.1 Å². The minimum atomic E-state index is -4.70. The van der Waals surface area contributed by atoms with Gasteiger partial charge in [-0.3, -0.25) is 14.5 Å². The average molecular weight is 366 g/mol. The van der Waals surface area contributed by atoms with Crippen LogP contribution >= 0.6 is 0 Å². The standard InChI is InChI=1S/C15H15F5N2O3/c1-7(13(23)21-8-2-3-11(16)12(17)4-8)22-5-9(14(24)25)10(6-22)15(18,19)20/h2-4,7,9-10H,5-6H2,1H3,(H,21,23)(H,24,25)/t7?,9-,10-/m1/s1. The van der Waals surface area contributed by atoms with Gasteiger partial charge < -0.3 is 10.4 Å². The fourth-order valence-electron chi connectivity index (χ4n) is 2.72. The molecular formula is C15H15F5N2O3. The molecule has 1 aromatic carbocycles. The second-order valence-electron chi connectivity index (χ2n) is 5.84. The fourth-order valence-corrected chi connectivity index (χ4v) is 2.72. The minimum Gasteiger partial charge on any atom is -0.481 e. The molecule has 5 nitrogen and oxygen atoms in total. The molecule has 2 rings (SSSR count). The summed E-state index contributed by atoms with van der Waals surface area (Å²) in [5, 5.41) is 11.2. The topological polar surface area (TPSA) is 69.6 Å². The molecule has 0 spiro atoms. The van der Waals surface area contributed by atoms with Crippen molar-refractivity contribution in [1.29, 1.82) is 0 Å². The maximum atomic E-state index is 13.1.